The molecule has 0 saturated carbocycles. The second kappa shape index (κ2) is 4.35. The molecule has 4 nitrogen and oxygen atoms in total. The Hall–Kier alpha value is -1.20. The second-order valence-electron chi connectivity index (χ2n) is 3.17. The minimum atomic E-state index is -1.09. The molecule has 1 amide bonds. The normalized spacial score (nSPS) is 10.6. The van der Waals surface area contributed by atoms with E-state index in [1.807, 2.05) is 0 Å². The van der Waals surface area contributed by atoms with Crippen molar-refractivity contribution in [2.24, 2.45) is 0 Å². The summed E-state index contributed by atoms with van der Waals surface area (Å²) < 4.78 is 6.26. The van der Waals surface area contributed by atoms with Crippen LogP contribution in [0.3, 0.4) is 0 Å². The first-order valence-electron chi connectivity index (χ1n) is 4.40. The molecule has 0 bridgehead atoms. The van der Waals surface area contributed by atoms with E-state index in [2.05, 4.69) is 21.2 Å². The molecule has 0 unspecified atom stereocenters. The smallest absolute Gasteiger partial charge is 0.405 e. The second-order valence-corrected chi connectivity index (χ2v) is 4.49. The number of halogens is 2. The van der Waals surface area contributed by atoms with Gasteiger partial charge in [0.25, 0.3) is 0 Å². The first-order valence-corrected chi connectivity index (χ1v) is 5.57. The fraction of sp³-hybridized carbons (Fsp3) is 0.100. The van der Waals surface area contributed by atoms with Crippen LogP contribution in [0.25, 0.3) is 11.0 Å². The van der Waals surface area contributed by atoms with E-state index >= 15 is 0 Å². The number of hydrogen-bond acceptors (Lipinski definition) is 2. The fourth-order valence-electron chi connectivity index (χ4n) is 1.37. The van der Waals surface area contributed by atoms with Crippen molar-refractivity contribution in [3.8, 4) is 0 Å². The molecule has 0 fully saturated rings. The molecule has 0 saturated heterocycles. The van der Waals surface area contributed by atoms with Crippen molar-refractivity contribution in [2.45, 2.75) is 6.54 Å². The maximum atomic E-state index is 10.3. The predicted octanol–water partition coefficient (Wildman–Crippen LogP) is 3.62. The average Bonchev–Trinajstić information content (AvgIpc) is 2.57. The molecule has 1 heterocycles. The number of nitrogens with one attached hydrogen (secondary N) is 1. The van der Waals surface area contributed by atoms with Crippen LogP contribution < -0.4 is 5.32 Å². The van der Waals surface area contributed by atoms with E-state index in [1.165, 1.54) is 0 Å². The summed E-state index contributed by atoms with van der Waals surface area (Å²) in [5.74, 6) is 0.525. The van der Waals surface area contributed by atoms with E-state index in [4.69, 9.17) is 21.1 Å². The summed E-state index contributed by atoms with van der Waals surface area (Å²) in [6, 6.07) is 5.26. The third-order valence-corrected chi connectivity index (χ3v) is 2.79. The molecule has 0 radical (unpaired) electrons. The van der Waals surface area contributed by atoms with E-state index in [0.29, 0.717) is 16.4 Å². The number of rotatable bonds is 2. The Morgan fingerprint density at radius 2 is 2.25 bits per heavy atom. The zero-order chi connectivity index (χ0) is 11.7. The van der Waals surface area contributed by atoms with E-state index in [9.17, 15) is 4.79 Å². The highest BCUT2D eigenvalue weighted by atomic mass is 79.9. The number of carboxylic acid groups (broad SMARTS) is 1. The van der Waals surface area contributed by atoms with Gasteiger partial charge in [-0.1, -0.05) is 27.5 Å². The summed E-state index contributed by atoms with van der Waals surface area (Å²) in [6.07, 6.45) is -1.09. The van der Waals surface area contributed by atoms with Gasteiger partial charge in [-0.25, -0.2) is 4.79 Å². The zero-order valence-electron chi connectivity index (χ0n) is 7.96. The Bertz CT molecular complexity index is 552. The quantitative estimate of drug-likeness (QED) is 0.891. The molecule has 2 N–H and O–H groups in total. The van der Waals surface area contributed by atoms with Gasteiger partial charge in [-0.05, 0) is 18.2 Å². The molecule has 0 atom stereocenters. The number of benzene rings is 1. The largest absolute Gasteiger partial charge is 0.465 e. The maximum Gasteiger partial charge on any atom is 0.405 e. The summed E-state index contributed by atoms with van der Waals surface area (Å²) in [5, 5.41) is 12.0. The van der Waals surface area contributed by atoms with Gasteiger partial charge in [0.05, 0.1) is 11.6 Å². The Kier molecular flexibility index (Phi) is 3.07. The number of amides is 1. The lowest BCUT2D eigenvalue weighted by atomic mass is 10.2. The molecule has 0 aliphatic rings. The summed E-state index contributed by atoms with van der Waals surface area (Å²) in [7, 11) is 0. The first kappa shape index (κ1) is 11.3. The minimum absolute atomic E-state index is 0.123. The van der Waals surface area contributed by atoms with Gasteiger partial charge in [0.15, 0.2) is 0 Å². The van der Waals surface area contributed by atoms with Crippen LogP contribution >= 0.6 is 27.5 Å². The molecule has 0 aliphatic heterocycles. The van der Waals surface area contributed by atoms with Crippen LogP contribution in [0.1, 0.15) is 5.76 Å². The first-order chi connectivity index (χ1) is 7.56. The summed E-state index contributed by atoms with van der Waals surface area (Å²) >= 11 is 9.31. The molecule has 84 valence electrons. The highest BCUT2D eigenvalue weighted by Crippen LogP contribution is 2.30. The van der Waals surface area contributed by atoms with Crippen molar-refractivity contribution in [1.29, 1.82) is 0 Å². The van der Waals surface area contributed by atoms with E-state index in [1.54, 1.807) is 18.2 Å². The molecular weight excluding hydrogens is 297 g/mol. The number of furan rings is 1. The molecule has 6 heteroatoms. The molecule has 2 rings (SSSR count). The lowest BCUT2D eigenvalue weighted by molar-refractivity contribution is 0.193. The molecule has 1 aromatic heterocycles. The summed E-state index contributed by atoms with van der Waals surface area (Å²) in [5.41, 5.74) is 0.626. The van der Waals surface area contributed by atoms with Crippen LogP contribution in [-0.4, -0.2) is 11.2 Å². The van der Waals surface area contributed by atoms with E-state index in [0.717, 1.165) is 9.86 Å². The lowest BCUT2D eigenvalue weighted by Crippen LogP contribution is -2.19. The highest BCUT2D eigenvalue weighted by Gasteiger charge is 2.08. The Morgan fingerprint density at radius 1 is 1.50 bits per heavy atom. The molecular formula is C10H7BrClNO3. The number of carbonyl (C=O) groups is 1. The van der Waals surface area contributed by atoms with Crippen molar-refractivity contribution in [3.05, 3.63) is 33.5 Å². The van der Waals surface area contributed by atoms with Gasteiger partial charge in [-0.15, -0.1) is 0 Å². The van der Waals surface area contributed by atoms with Crippen LogP contribution in [-0.2, 0) is 6.54 Å². The third-order valence-electron chi connectivity index (χ3n) is 2.02. The molecule has 16 heavy (non-hydrogen) atoms. The molecule has 0 spiro atoms. The van der Waals surface area contributed by atoms with Crippen molar-refractivity contribution >= 4 is 44.6 Å². The minimum Gasteiger partial charge on any atom is -0.465 e. The number of fused-ring (bicyclic) bond motifs is 1. The standard InChI is InChI=1S/C10H7BrClNO3/c11-5-1-8(12)7-3-6(4-13-10(14)15)16-9(7)2-5/h1-3,13H,4H2,(H,14,15). The van der Waals surface area contributed by atoms with Gasteiger partial charge in [0.1, 0.15) is 11.3 Å². The topological polar surface area (TPSA) is 62.5 Å². The summed E-state index contributed by atoms with van der Waals surface area (Å²) in [4.78, 5) is 10.3. The van der Waals surface area contributed by atoms with Crippen LogP contribution in [0.15, 0.2) is 27.1 Å². The molecule has 0 aliphatic carbocycles. The van der Waals surface area contributed by atoms with Crippen LogP contribution in [0, 0.1) is 0 Å². The van der Waals surface area contributed by atoms with Gasteiger partial charge >= 0.3 is 6.09 Å². The van der Waals surface area contributed by atoms with Crippen LogP contribution in [0.5, 0.6) is 0 Å². The van der Waals surface area contributed by atoms with Gasteiger partial charge in [-0.3, -0.25) is 0 Å². The van der Waals surface area contributed by atoms with Gasteiger partial charge in [0, 0.05) is 9.86 Å². The Labute approximate surface area is 104 Å². The average molecular weight is 305 g/mol. The monoisotopic (exact) mass is 303 g/mol. The molecule has 1 aromatic carbocycles. The fourth-order valence-corrected chi connectivity index (χ4v) is 2.20. The van der Waals surface area contributed by atoms with Gasteiger partial charge in [0.2, 0.25) is 0 Å². The highest BCUT2D eigenvalue weighted by molar-refractivity contribution is 9.10. The van der Waals surface area contributed by atoms with Crippen molar-refractivity contribution in [1.82, 2.24) is 5.32 Å². The zero-order valence-corrected chi connectivity index (χ0v) is 10.3. The molecule has 2 aromatic rings. The van der Waals surface area contributed by atoms with Crippen molar-refractivity contribution < 1.29 is 14.3 Å². The van der Waals surface area contributed by atoms with E-state index in [-0.39, 0.29) is 6.54 Å². The SMILES string of the molecule is O=C(O)NCc1cc2c(Cl)cc(Br)cc2o1. The van der Waals surface area contributed by atoms with Gasteiger partial charge in [-0.2, -0.15) is 0 Å². The van der Waals surface area contributed by atoms with Crippen LogP contribution in [0.2, 0.25) is 5.02 Å². The van der Waals surface area contributed by atoms with Crippen molar-refractivity contribution in [2.75, 3.05) is 0 Å². The third kappa shape index (κ3) is 2.31. The maximum absolute atomic E-state index is 10.3. The van der Waals surface area contributed by atoms with Crippen LogP contribution in [0.4, 0.5) is 4.79 Å². The Morgan fingerprint density at radius 3 is 2.94 bits per heavy atom. The number of hydrogen-bond donors (Lipinski definition) is 2. The Balaban J connectivity index is 2.36. The lowest BCUT2D eigenvalue weighted by Gasteiger charge is -1.94. The van der Waals surface area contributed by atoms with Gasteiger partial charge < -0.3 is 14.8 Å². The van der Waals surface area contributed by atoms with E-state index < -0.39 is 6.09 Å². The van der Waals surface area contributed by atoms with Crippen molar-refractivity contribution in [3.63, 3.8) is 0 Å². The summed E-state index contributed by atoms with van der Waals surface area (Å²) in [6.45, 7) is 0.123. The predicted molar refractivity (Wildman–Crippen MR) is 63.8 cm³/mol.